The van der Waals surface area contributed by atoms with E-state index in [1.54, 1.807) is 18.3 Å². The van der Waals surface area contributed by atoms with Crippen LogP contribution in [-0.2, 0) is 6.18 Å². The Bertz CT molecular complexity index is 1110. The molecule has 2 N–H and O–H groups in total. The second-order valence-electron chi connectivity index (χ2n) is 8.08. The summed E-state index contributed by atoms with van der Waals surface area (Å²) in [5.74, 6) is -2.45. The van der Waals surface area contributed by atoms with Crippen LogP contribution in [0.15, 0.2) is 53.2 Å². The molecule has 2 aromatic rings. The highest BCUT2D eigenvalue weighted by atomic mass is 19.4. The third-order valence-electron chi connectivity index (χ3n) is 5.28. The van der Waals surface area contributed by atoms with Crippen LogP contribution in [-0.4, -0.2) is 29.9 Å². The van der Waals surface area contributed by atoms with Gasteiger partial charge in [-0.25, -0.2) is 4.39 Å². The first kappa shape index (κ1) is 24.4. The molecule has 1 unspecified atom stereocenters. The van der Waals surface area contributed by atoms with E-state index in [2.05, 4.69) is 10.3 Å². The maximum atomic E-state index is 13.6. The van der Waals surface area contributed by atoms with Gasteiger partial charge in [0, 0.05) is 35.0 Å². The van der Waals surface area contributed by atoms with Crippen LogP contribution in [0, 0.1) is 11.7 Å². The van der Waals surface area contributed by atoms with Crippen LogP contribution in [0.3, 0.4) is 0 Å². The van der Waals surface area contributed by atoms with Crippen molar-refractivity contribution < 1.29 is 32.2 Å². The number of nitrogens with zero attached hydrogens (tertiary/aromatic N) is 1. The molecule has 1 aliphatic heterocycles. The molecule has 1 aliphatic rings. The van der Waals surface area contributed by atoms with Crippen molar-refractivity contribution in [3.63, 3.8) is 0 Å². The number of rotatable bonds is 5. The van der Waals surface area contributed by atoms with Crippen molar-refractivity contribution >= 4 is 17.3 Å². The largest absolute Gasteiger partial charge is 0.492 e. The van der Waals surface area contributed by atoms with Gasteiger partial charge in [0.15, 0.2) is 0 Å². The number of aliphatic hydroxyl groups excluding tert-OH is 1. The number of hydrogen-bond acceptors (Lipinski definition) is 4. The molecule has 9 heteroatoms. The Labute approximate surface area is 188 Å². The fourth-order valence-corrected chi connectivity index (χ4v) is 3.73. The Kier molecular flexibility index (Phi) is 7.22. The van der Waals surface area contributed by atoms with Gasteiger partial charge in [0.2, 0.25) is 0 Å². The number of carbonyl (C=O) groups excluding carboxylic acids is 1. The molecule has 0 saturated heterocycles. The normalized spacial score (nSPS) is 18.2. The third kappa shape index (κ3) is 5.42. The van der Waals surface area contributed by atoms with Crippen LogP contribution in [0.1, 0.15) is 48.2 Å². The van der Waals surface area contributed by atoms with Crippen molar-refractivity contribution in [2.24, 2.45) is 10.9 Å². The van der Waals surface area contributed by atoms with Crippen molar-refractivity contribution in [1.29, 1.82) is 0 Å². The number of amides is 1. The minimum Gasteiger partial charge on any atom is -0.492 e. The van der Waals surface area contributed by atoms with Crippen LogP contribution in [0.25, 0.3) is 0 Å². The number of benzene rings is 2. The summed E-state index contributed by atoms with van der Waals surface area (Å²) in [4.78, 5) is 17.4. The summed E-state index contributed by atoms with van der Waals surface area (Å²) < 4.78 is 58.4. The van der Waals surface area contributed by atoms with E-state index in [1.807, 2.05) is 20.8 Å². The van der Waals surface area contributed by atoms with E-state index >= 15 is 0 Å². The number of allylic oxidation sites excluding steroid dienone is 1. The average Bonchev–Trinajstić information content (AvgIpc) is 2.76. The standard InChI is InChI=1S/C24H24F4N2O3/c1-13(2)10-29-14(3)21-15(11-31)12-33-22-17(21)5-4-6-18(22)23(32)30-16-7-8-20(25)19(9-16)24(26,27)28/h4-10,15,21,31H,11-12H2,1-3H3,(H,30,32)/t15-,21?/m0/s1. The lowest BCUT2D eigenvalue weighted by atomic mass is 9.80. The van der Waals surface area contributed by atoms with Crippen LogP contribution in [0.2, 0.25) is 0 Å². The first-order valence-corrected chi connectivity index (χ1v) is 10.2. The number of ether oxygens (including phenoxy) is 1. The Hall–Kier alpha value is -3.20. The van der Waals surface area contributed by atoms with Gasteiger partial charge in [0.1, 0.15) is 11.6 Å². The van der Waals surface area contributed by atoms with Crippen LogP contribution >= 0.6 is 0 Å². The zero-order valence-corrected chi connectivity index (χ0v) is 18.3. The Balaban J connectivity index is 1.97. The van der Waals surface area contributed by atoms with E-state index in [1.165, 1.54) is 6.07 Å². The maximum absolute atomic E-state index is 13.6. The summed E-state index contributed by atoms with van der Waals surface area (Å²) in [6, 6.07) is 7.13. The molecule has 176 valence electrons. The summed E-state index contributed by atoms with van der Waals surface area (Å²) in [5, 5.41) is 12.2. The van der Waals surface area contributed by atoms with E-state index in [9.17, 15) is 27.5 Å². The number of alkyl halides is 3. The number of aliphatic hydroxyl groups is 1. The van der Waals surface area contributed by atoms with E-state index in [0.29, 0.717) is 17.7 Å². The SMILES string of the molecule is CC(C)=CN=C(C)C1c2cccc(C(=O)Nc3ccc(F)c(C(F)(F)F)c3)c2OC[C@@H]1CO. The summed E-state index contributed by atoms with van der Waals surface area (Å²) in [5.41, 5.74) is 0.809. The minimum absolute atomic E-state index is 0.113. The van der Waals surface area contributed by atoms with Gasteiger partial charge in [0.25, 0.3) is 5.91 Å². The molecule has 0 bridgehead atoms. The molecule has 1 heterocycles. The van der Waals surface area contributed by atoms with E-state index < -0.39 is 23.5 Å². The summed E-state index contributed by atoms with van der Waals surface area (Å²) in [6.07, 6.45) is -3.18. The summed E-state index contributed by atoms with van der Waals surface area (Å²) >= 11 is 0. The number of hydrogen-bond donors (Lipinski definition) is 2. The van der Waals surface area contributed by atoms with Gasteiger partial charge in [-0.1, -0.05) is 17.7 Å². The van der Waals surface area contributed by atoms with Crippen molar-refractivity contribution in [3.8, 4) is 5.75 Å². The Morgan fingerprint density at radius 3 is 2.61 bits per heavy atom. The number of carbonyl (C=O) groups is 1. The smallest absolute Gasteiger partial charge is 0.419 e. The summed E-state index contributed by atoms with van der Waals surface area (Å²) in [6.45, 7) is 5.61. The molecule has 0 spiro atoms. The molecular weight excluding hydrogens is 440 g/mol. The highest BCUT2D eigenvalue weighted by molar-refractivity contribution is 6.07. The summed E-state index contributed by atoms with van der Waals surface area (Å²) in [7, 11) is 0. The number of aliphatic imine (C=N–C) groups is 1. The molecule has 0 saturated carbocycles. The first-order valence-electron chi connectivity index (χ1n) is 10.2. The highest BCUT2D eigenvalue weighted by Gasteiger charge is 2.36. The van der Waals surface area contributed by atoms with Gasteiger partial charge in [-0.15, -0.1) is 0 Å². The van der Waals surface area contributed by atoms with Gasteiger partial charge >= 0.3 is 6.18 Å². The Morgan fingerprint density at radius 2 is 1.97 bits per heavy atom. The van der Waals surface area contributed by atoms with Gasteiger partial charge in [-0.2, -0.15) is 13.2 Å². The second-order valence-corrected chi connectivity index (χ2v) is 8.08. The zero-order chi connectivity index (χ0) is 24.3. The highest BCUT2D eigenvalue weighted by Crippen LogP contribution is 2.40. The van der Waals surface area contributed by atoms with Crippen LogP contribution in [0.4, 0.5) is 23.2 Å². The van der Waals surface area contributed by atoms with E-state index in [4.69, 9.17) is 4.74 Å². The van der Waals surface area contributed by atoms with Crippen molar-refractivity contribution in [1.82, 2.24) is 0 Å². The quantitative estimate of drug-likeness (QED) is 0.449. The lowest BCUT2D eigenvalue weighted by molar-refractivity contribution is -0.139. The molecule has 2 aromatic carbocycles. The van der Waals surface area contributed by atoms with Gasteiger partial charge in [0.05, 0.1) is 24.3 Å². The van der Waals surface area contributed by atoms with E-state index in [0.717, 1.165) is 17.4 Å². The molecule has 2 atom stereocenters. The van der Waals surface area contributed by atoms with Crippen LogP contribution in [0.5, 0.6) is 5.75 Å². The minimum atomic E-state index is -4.89. The lowest BCUT2D eigenvalue weighted by Crippen LogP contribution is -2.33. The third-order valence-corrected chi connectivity index (χ3v) is 5.28. The zero-order valence-electron chi connectivity index (χ0n) is 18.3. The molecule has 1 amide bonds. The first-order chi connectivity index (χ1) is 15.5. The number of para-hydroxylation sites is 1. The fourth-order valence-electron chi connectivity index (χ4n) is 3.73. The van der Waals surface area contributed by atoms with E-state index in [-0.39, 0.29) is 42.0 Å². The predicted molar refractivity (Wildman–Crippen MR) is 117 cm³/mol. The molecule has 33 heavy (non-hydrogen) atoms. The molecular formula is C24H24F4N2O3. The topological polar surface area (TPSA) is 70.9 Å². The molecule has 3 rings (SSSR count). The van der Waals surface area contributed by atoms with Gasteiger partial charge in [-0.05, 0) is 45.0 Å². The number of fused-ring (bicyclic) bond motifs is 1. The van der Waals surface area contributed by atoms with Crippen LogP contribution < -0.4 is 10.1 Å². The van der Waals surface area contributed by atoms with Crippen molar-refractivity contribution in [2.45, 2.75) is 32.9 Å². The van der Waals surface area contributed by atoms with Gasteiger partial charge in [-0.3, -0.25) is 9.79 Å². The molecule has 0 aromatic heterocycles. The van der Waals surface area contributed by atoms with Gasteiger partial charge < -0.3 is 15.2 Å². The van der Waals surface area contributed by atoms with Crippen molar-refractivity contribution in [3.05, 3.63) is 70.7 Å². The van der Waals surface area contributed by atoms with Crippen molar-refractivity contribution in [2.75, 3.05) is 18.5 Å². The Morgan fingerprint density at radius 1 is 1.24 bits per heavy atom. The number of anilines is 1. The fraction of sp³-hybridized carbons (Fsp3) is 0.333. The average molecular weight is 464 g/mol. The number of halogens is 4. The number of nitrogens with one attached hydrogen (secondary N) is 1. The molecule has 0 aliphatic carbocycles. The predicted octanol–water partition coefficient (Wildman–Crippen LogP) is 5.57. The monoisotopic (exact) mass is 464 g/mol. The molecule has 5 nitrogen and oxygen atoms in total. The molecule has 0 radical (unpaired) electrons. The maximum Gasteiger partial charge on any atom is 0.419 e. The molecule has 0 fully saturated rings. The lowest BCUT2D eigenvalue weighted by Gasteiger charge is -2.33. The second kappa shape index (κ2) is 9.74.